The van der Waals surface area contributed by atoms with Gasteiger partial charge < -0.3 is 9.47 Å². The van der Waals surface area contributed by atoms with Crippen LogP contribution in [0.4, 0.5) is 5.69 Å². The molecular formula is C30H30Br2N4O2. The molecule has 4 rings (SSSR count). The number of hydrogen-bond acceptors (Lipinski definition) is 5. The number of benzene rings is 3. The van der Waals surface area contributed by atoms with E-state index in [-0.39, 0.29) is 0 Å². The number of nitrogens with zero attached hydrogens (tertiary/aromatic N) is 3. The van der Waals surface area contributed by atoms with Crippen LogP contribution in [0, 0.1) is 12.8 Å². The second kappa shape index (κ2) is 13.0. The molecule has 6 nitrogen and oxygen atoms in total. The largest absolute Gasteiger partial charge is 0.493 e. The number of halogens is 2. The van der Waals surface area contributed by atoms with Crippen LogP contribution < -0.4 is 14.9 Å². The fourth-order valence-corrected chi connectivity index (χ4v) is 5.30. The maximum atomic E-state index is 5.91. The third-order valence-electron chi connectivity index (χ3n) is 5.75. The highest BCUT2D eigenvalue weighted by Gasteiger charge is 2.12. The highest BCUT2D eigenvalue weighted by atomic mass is 79.9. The summed E-state index contributed by atoms with van der Waals surface area (Å²) in [7, 11) is 1.64. The van der Waals surface area contributed by atoms with Gasteiger partial charge in [-0.25, -0.2) is 9.98 Å². The Morgan fingerprint density at radius 1 is 1.00 bits per heavy atom. The third kappa shape index (κ3) is 7.20. The van der Waals surface area contributed by atoms with Gasteiger partial charge in [-0.15, -0.1) is 0 Å². The monoisotopic (exact) mass is 636 g/mol. The zero-order valence-corrected chi connectivity index (χ0v) is 25.0. The predicted molar refractivity (Wildman–Crippen MR) is 163 cm³/mol. The first-order valence-corrected chi connectivity index (χ1v) is 13.9. The summed E-state index contributed by atoms with van der Waals surface area (Å²) in [5, 5.41) is 5.54. The number of hydrogen-bond donors (Lipinski definition) is 1. The van der Waals surface area contributed by atoms with Crippen molar-refractivity contribution >= 4 is 60.5 Å². The fraction of sp³-hybridized carbons (Fsp3) is 0.233. The van der Waals surface area contributed by atoms with Crippen LogP contribution in [0.25, 0.3) is 10.9 Å². The lowest BCUT2D eigenvalue weighted by molar-refractivity contribution is 0.273. The number of nitrogens with one attached hydrogen (secondary N) is 1. The molecule has 8 heteroatoms. The summed E-state index contributed by atoms with van der Waals surface area (Å²) in [5.41, 5.74) is 7.37. The van der Waals surface area contributed by atoms with E-state index in [1.165, 1.54) is 0 Å². The van der Waals surface area contributed by atoms with Crippen molar-refractivity contribution in [1.29, 1.82) is 0 Å². The summed E-state index contributed by atoms with van der Waals surface area (Å²) >= 11 is 7.28. The summed E-state index contributed by atoms with van der Waals surface area (Å²) in [6, 6.07) is 21.7. The fourth-order valence-electron chi connectivity index (χ4n) is 3.70. The van der Waals surface area contributed by atoms with Gasteiger partial charge in [-0.2, -0.15) is 5.10 Å². The van der Waals surface area contributed by atoms with Gasteiger partial charge in [0.1, 0.15) is 5.69 Å². The lowest BCUT2D eigenvalue weighted by atomic mass is 10.1. The Kier molecular flexibility index (Phi) is 9.53. The van der Waals surface area contributed by atoms with Gasteiger partial charge >= 0.3 is 0 Å². The van der Waals surface area contributed by atoms with Gasteiger partial charge in [-0.1, -0.05) is 38.1 Å². The second-order valence-corrected chi connectivity index (χ2v) is 10.9. The number of para-hydroxylation sites is 1. The molecule has 0 aliphatic carbocycles. The molecule has 0 atom stereocenters. The highest BCUT2D eigenvalue weighted by Crippen LogP contribution is 2.35. The van der Waals surface area contributed by atoms with E-state index in [0.29, 0.717) is 29.8 Å². The Morgan fingerprint density at radius 2 is 1.76 bits per heavy atom. The molecule has 1 N–H and O–H groups in total. The second-order valence-electron chi connectivity index (χ2n) is 9.24. The summed E-state index contributed by atoms with van der Waals surface area (Å²) in [4.78, 5) is 9.71. The number of rotatable bonds is 9. The first-order valence-electron chi connectivity index (χ1n) is 12.3. The van der Waals surface area contributed by atoms with Crippen LogP contribution in [-0.2, 0) is 0 Å². The van der Waals surface area contributed by atoms with Crippen molar-refractivity contribution in [2.75, 3.05) is 13.7 Å². The van der Waals surface area contributed by atoms with E-state index in [9.17, 15) is 0 Å². The molecule has 38 heavy (non-hydrogen) atoms. The van der Waals surface area contributed by atoms with Gasteiger partial charge in [0.15, 0.2) is 17.3 Å². The van der Waals surface area contributed by atoms with Crippen LogP contribution in [-0.4, -0.2) is 30.8 Å². The number of aliphatic imine (C=N–C) groups is 1. The summed E-state index contributed by atoms with van der Waals surface area (Å²) in [5.74, 6) is 2.47. The molecule has 3 aromatic carbocycles. The zero-order valence-electron chi connectivity index (χ0n) is 21.8. The number of methoxy groups -OCH3 is 1. The molecule has 0 radical (unpaired) electrons. The first-order chi connectivity index (χ1) is 18.3. The van der Waals surface area contributed by atoms with Crippen LogP contribution in [0.15, 0.2) is 85.8 Å². The molecule has 0 saturated carbocycles. The first kappa shape index (κ1) is 27.8. The van der Waals surface area contributed by atoms with Gasteiger partial charge in [0.05, 0.1) is 31.1 Å². The van der Waals surface area contributed by atoms with E-state index in [2.05, 4.69) is 56.2 Å². The minimum Gasteiger partial charge on any atom is -0.493 e. The van der Waals surface area contributed by atoms with Crippen LogP contribution in [0.2, 0.25) is 0 Å². The summed E-state index contributed by atoms with van der Waals surface area (Å²) < 4.78 is 13.2. The van der Waals surface area contributed by atoms with Gasteiger partial charge in [-0.05, 0) is 105 Å². The number of aromatic nitrogens is 1. The average Bonchev–Trinajstić information content (AvgIpc) is 2.89. The standard InChI is InChI=1S/C30H30Br2N4O2/c1-19(2)13-14-38-27-12-9-21(17-28(27)37-4)18-33-36-30(35-29-23(31)15-20(3)16-24(29)32)26-11-10-22-7-5-6-8-25(22)34-26/h5-12,15-19H,13-14H2,1-4H3,(H,35,36). The lowest BCUT2D eigenvalue weighted by Gasteiger charge is -2.12. The molecule has 0 aliphatic rings. The van der Waals surface area contributed by atoms with Crippen molar-refractivity contribution < 1.29 is 9.47 Å². The van der Waals surface area contributed by atoms with Gasteiger partial charge in [0.25, 0.3) is 0 Å². The SMILES string of the molecule is COc1cc(C=NNC(=Nc2c(Br)cc(C)cc2Br)c2ccc3ccccc3n2)ccc1OCCC(C)C. The zero-order chi connectivity index (χ0) is 27.1. The number of pyridine rings is 1. The molecule has 0 amide bonds. The Balaban J connectivity index is 1.63. The van der Waals surface area contributed by atoms with E-state index in [0.717, 1.165) is 48.8 Å². The van der Waals surface area contributed by atoms with Crippen LogP contribution in [0.3, 0.4) is 0 Å². The van der Waals surface area contributed by atoms with Crippen molar-refractivity contribution in [3.8, 4) is 11.5 Å². The number of aryl methyl sites for hydroxylation is 1. The van der Waals surface area contributed by atoms with Crippen LogP contribution in [0.5, 0.6) is 11.5 Å². The van der Waals surface area contributed by atoms with Crippen LogP contribution >= 0.6 is 31.9 Å². The molecule has 0 aliphatic heterocycles. The number of hydrazone groups is 1. The Bertz CT molecular complexity index is 1460. The van der Waals surface area contributed by atoms with E-state index in [1.54, 1.807) is 13.3 Å². The number of amidine groups is 1. The minimum atomic E-state index is 0.512. The summed E-state index contributed by atoms with van der Waals surface area (Å²) in [6.45, 7) is 7.03. The van der Waals surface area contributed by atoms with Crippen molar-refractivity contribution in [2.24, 2.45) is 16.0 Å². The van der Waals surface area contributed by atoms with Crippen LogP contribution in [0.1, 0.15) is 37.1 Å². The molecule has 0 fully saturated rings. The molecule has 0 bridgehead atoms. The molecular weight excluding hydrogens is 608 g/mol. The van der Waals surface area contributed by atoms with E-state index < -0.39 is 0 Å². The van der Waals surface area contributed by atoms with Gasteiger partial charge in [-0.3, -0.25) is 5.43 Å². The molecule has 1 heterocycles. The molecule has 4 aromatic rings. The predicted octanol–water partition coefficient (Wildman–Crippen LogP) is 8.20. The lowest BCUT2D eigenvalue weighted by Crippen LogP contribution is -2.20. The van der Waals surface area contributed by atoms with Gasteiger partial charge in [0, 0.05) is 14.3 Å². The minimum absolute atomic E-state index is 0.512. The Labute approximate surface area is 240 Å². The highest BCUT2D eigenvalue weighted by molar-refractivity contribution is 9.11. The Morgan fingerprint density at radius 3 is 2.50 bits per heavy atom. The molecule has 0 unspecified atom stereocenters. The number of fused-ring (bicyclic) bond motifs is 1. The van der Waals surface area contributed by atoms with Crippen molar-refractivity contribution in [1.82, 2.24) is 10.4 Å². The van der Waals surface area contributed by atoms with Gasteiger partial charge in [0.2, 0.25) is 0 Å². The smallest absolute Gasteiger partial charge is 0.173 e. The molecule has 0 spiro atoms. The molecule has 1 aromatic heterocycles. The van der Waals surface area contributed by atoms with Crippen molar-refractivity contribution in [2.45, 2.75) is 27.2 Å². The van der Waals surface area contributed by atoms with Crippen molar-refractivity contribution in [3.05, 3.63) is 92.5 Å². The topological polar surface area (TPSA) is 68.1 Å². The van der Waals surface area contributed by atoms with Crippen molar-refractivity contribution in [3.63, 3.8) is 0 Å². The van der Waals surface area contributed by atoms with E-state index in [1.807, 2.05) is 73.7 Å². The maximum absolute atomic E-state index is 5.91. The van der Waals surface area contributed by atoms with E-state index >= 15 is 0 Å². The normalized spacial score (nSPS) is 11.9. The molecule has 0 saturated heterocycles. The maximum Gasteiger partial charge on any atom is 0.173 e. The quantitative estimate of drug-likeness (QED) is 0.114. The average molecular weight is 638 g/mol. The third-order valence-corrected chi connectivity index (χ3v) is 6.96. The Hall–Kier alpha value is -3.23. The summed E-state index contributed by atoms with van der Waals surface area (Å²) in [6.07, 6.45) is 2.70. The van der Waals surface area contributed by atoms with E-state index in [4.69, 9.17) is 19.5 Å². The molecule has 196 valence electrons. The number of ether oxygens (including phenoxy) is 2.